The Morgan fingerprint density at radius 1 is 1.11 bits per heavy atom. The lowest BCUT2D eigenvalue weighted by atomic mass is 10.1. The van der Waals surface area contributed by atoms with Crippen LogP contribution in [-0.4, -0.2) is 25.8 Å². The Bertz CT molecular complexity index is 375. The highest BCUT2D eigenvalue weighted by Crippen LogP contribution is 2.28. The van der Waals surface area contributed by atoms with Crippen molar-refractivity contribution in [2.75, 3.05) is 19.8 Å². The number of benzene rings is 1. The van der Waals surface area contributed by atoms with Gasteiger partial charge in [-0.1, -0.05) is 6.07 Å². The van der Waals surface area contributed by atoms with Crippen molar-refractivity contribution < 1.29 is 9.47 Å². The molecule has 0 unspecified atom stereocenters. The van der Waals surface area contributed by atoms with Gasteiger partial charge in [-0.15, -0.1) is 0 Å². The van der Waals surface area contributed by atoms with E-state index in [1.54, 1.807) is 0 Å². The van der Waals surface area contributed by atoms with Crippen molar-refractivity contribution in [1.82, 2.24) is 5.32 Å². The molecule has 0 bridgehead atoms. The Hall–Kier alpha value is -1.22. The number of rotatable bonds is 8. The lowest BCUT2D eigenvalue weighted by Crippen LogP contribution is -2.19. The molecule has 0 radical (unpaired) electrons. The van der Waals surface area contributed by atoms with Gasteiger partial charge in [0, 0.05) is 6.04 Å². The SMILES string of the molecule is CCOc1ccc(CCNC2CC2)cc1OCC. The van der Waals surface area contributed by atoms with E-state index < -0.39 is 0 Å². The minimum Gasteiger partial charge on any atom is -0.490 e. The summed E-state index contributed by atoms with van der Waals surface area (Å²) in [5.74, 6) is 1.71. The molecule has 18 heavy (non-hydrogen) atoms. The molecule has 0 saturated heterocycles. The van der Waals surface area contributed by atoms with Crippen molar-refractivity contribution in [2.24, 2.45) is 0 Å². The van der Waals surface area contributed by atoms with E-state index in [-0.39, 0.29) is 0 Å². The van der Waals surface area contributed by atoms with Gasteiger partial charge in [0.2, 0.25) is 0 Å². The third kappa shape index (κ3) is 3.91. The van der Waals surface area contributed by atoms with Crippen LogP contribution in [-0.2, 0) is 6.42 Å². The molecule has 1 saturated carbocycles. The molecule has 1 aromatic carbocycles. The van der Waals surface area contributed by atoms with Gasteiger partial charge in [0.05, 0.1) is 13.2 Å². The maximum atomic E-state index is 5.62. The quantitative estimate of drug-likeness (QED) is 0.768. The van der Waals surface area contributed by atoms with Gasteiger partial charge in [0.15, 0.2) is 11.5 Å². The predicted octanol–water partition coefficient (Wildman–Crippen LogP) is 2.78. The molecule has 1 N–H and O–H groups in total. The zero-order valence-electron chi connectivity index (χ0n) is 11.4. The van der Waals surface area contributed by atoms with Crippen LogP contribution in [0.25, 0.3) is 0 Å². The second kappa shape index (κ2) is 6.64. The van der Waals surface area contributed by atoms with Crippen LogP contribution in [0.15, 0.2) is 18.2 Å². The maximum Gasteiger partial charge on any atom is 0.161 e. The third-order valence-corrected chi connectivity index (χ3v) is 3.03. The Labute approximate surface area is 109 Å². The van der Waals surface area contributed by atoms with Gasteiger partial charge in [-0.25, -0.2) is 0 Å². The molecule has 1 aliphatic rings. The molecule has 0 atom stereocenters. The lowest BCUT2D eigenvalue weighted by Gasteiger charge is -2.12. The van der Waals surface area contributed by atoms with E-state index in [2.05, 4.69) is 17.4 Å². The van der Waals surface area contributed by atoms with Crippen LogP contribution in [0.3, 0.4) is 0 Å². The molecule has 0 aliphatic heterocycles. The van der Waals surface area contributed by atoms with Gasteiger partial charge < -0.3 is 14.8 Å². The molecule has 2 rings (SSSR count). The standard InChI is InChI=1S/C15H23NO2/c1-3-17-14-8-5-12(11-15(14)18-4-2)9-10-16-13-6-7-13/h5,8,11,13,16H,3-4,6-7,9-10H2,1-2H3. The monoisotopic (exact) mass is 249 g/mol. The highest BCUT2D eigenvalue weighted by Gasteiger charge is 2.19. The maximum absolute atomic E-state index is 5.62. The first-order valence-corrected chi connectivity index (χ1v) is 6.95. The van der Waals surface area contributed by atoms with E-state index in [1.165, 1.54) is 18.4 Å². The summed E-state index contributed by atoms with van der Waals surface area (Å²) in [5, 5.41) is 3.52. The molecule has 1 fully saturated rings. The molecule has 100 valence electrons. The predicted molar refractivity (Wildman–Crippen MR) is 73.5 cm³/mol. The fraction of sp³-hybridized carbons (Fsp3) is 0.600. The normalized spacial score (nSPS) is 14.6. The molecule has 3 nitrogen and oxygen atoms in total. The average molecular weight is 249 g/mol. The first-order valence-electron chi connectivity index (χ1n) is 6.95. The van der Waals surface area contributed by atoms with Gasteiger partial charge in [-0.3, -0.25) is 0 Å². The fourth-order valence-corrected chi connectivity index (χ4v) is 1.96. The number of hydrogen-bond donors (Lipinski definition) is 1. The van der Waals surface area contributed by atoms with Crippen LogP contribution in [0, 0.1) is 0 Å². The van der Waals surface area contributed by atoms with Crippen molar-refractivity contribution in [1.29, 1.82) is 0 Å². The molecule has 0 amide bonds. The first-order chi connectivity index (χ1) is 8.83. The van der Waals surface area contributed by atoms with Crippen molar-refractivity contribution in [2.45, 2.75) is 39.2 Å². The van der Waals surface area contributed by atoms with Crippen LogP contribution < -0.4 is 14.8 Å². The third-order valence-electron chi connectivity index (χ3n) is 3.03. The van der Waals surface area contributed by atoms with Crippen molar-refractivity contribution in [3.63, 3.8) is 0 Å². The minimum atomic E-state index is 0.669. The molecular weight excluding hydrogens is 226 g/mol. The van der Waals surface area contributed by atoms with Crippen molar-refractivity contribution in [3.05, 3.63) is 23.8 Å². The van der Waals surface area contributed by atoms with Crippen LogP contribution in [0.5, 0.6) is 11.5 Å². The summed E-state index contributed by atoms with van der Waals surface area (Å²) in [6.07, 6.45) is 3.73. The van der Waals surface area contributed by atoms with Crippen LogP contribution in [0.4, 0.5) is 0 Å². The summed E-state index contributed by atoms with van der Waals surface area (Å²) in [6, 6.07) is 7.02. The molecular formula is C15H23NO2. The largest absolute Gasteiger partial charge is 0.490 e. The number of ether oxygens (including phenoxy) is 2. The van der Waals surface area contributed by atoms with Gasteiger partial charge in [-0.2, -0.15) is 0 Å². The van der Waals surface area contributed by atoms with Gasteiger partial charge in [-0.05, 0) is 57.4 Å². The van der Waals surface area contributed by atoms with E-state index in [9.17, 15) is 0 Å². The summed E-state index contributed by atoms with van der Waals surface area (Å²) < 4.78 is 11.2. The highest BCUT2D eigenvalue weighted by molar-refractivity contribution is 5.43. The Balaban J connectivity index is 1.94. The van der Waals surface area contributed by atoms with Gasteiger partial charge in [0.25, 0.3) is 0 Å². The molecule has 0 heterocycles. The van der Waals surface area contributed by atoms with Crippen molar-refractivity contribution in [3.8, 4) is 11.5 Å². The summed E-state index contributed by atoms with van der Waals surface area (Å²) in [6.45, 7) is 6.37. The van der Waals surface area contributed by atoms with E-state index in [1.807, 2.05) is 19.9 Å². The summed E-state index contributed by atoms with van der Waals surface area (Å²) in [4.78, 5) is 0. The van der Waals surface area contributed by atoms with E-state index in [4.69, 9.17) is 9.47 Å². The van der Waals surface area contributed by atoms with Crippen LogP contribution in [0.1, 0.15) is 32.3 Å². The van der Waals surface area contributed by atoms with Crippen molar-refractivity contribution >= 4 is 0 Å². The zero-order valence-corrected chi connectivity index (χ0v) is 11.4. The van der Waals surface area contributed by atoms with E-state index in [0.29, 0.717) is 13.2 Å². The summed E-state index contributed by atoms with van der Waals surface area (Å²) >= 11 is 0. The van der Waals surface area contributed by atoms with E-state index in [0.717, 1.165) is 30.5 Å². The average Bonchev–Trinajstić information content (AvgIpc) is 3.17. The zero-order chi connectivity index (χ0) is 12.8. The summed E-state index contributed by atoms with van der Waals surface area (Å²) in [7, 11) is 0. The fourth-order valence-electron chi connectivity index (χ4n) is 1.96. The smallest absolute Gasteiger partial charge is 0.161 e. The number of nitrogens with one attached hydrogen (secondary N) is 1. The first kappa shape index (κ1) is 13.2. The topological polar surface area (TPSA) is 30.5 Å². The van der Waals surface area contributed by atoms with Crippen LogP contribution >= 0.6 is 0 Å². The molecule has 1 aliphatic carbocycles. The highest BCUT2D eigenvalue weighted by atomic mass is 16.5. The molecule has 0 spiro atoms. The minimum absolute atomic E-state index is 0.669. The Kier molecular flexibility index (Phi) is 4.88. The molecule has 0 aromatic heterocycles. The molecule has 3 heteroatoms. The second-order valence-electron chi connectivity index (χ2n) is 4.63. The van der Waals surface area contributed by atoms with E-state index >= 15 is 0 Å². The van der Waals surface area contributed by atoms with Gasteiger partial charge >= 0.3 is 0 Å². The Morgan fingerprint density at radius 2 is 1.83 bits per heavy atom. The Morgan fingerprint density at radius 3 is 2.50 bits per heavy atom. The summed E-state index contributed by atoms with van der Waals surface area (Å²) in [5.41, 5.74) is 1.30. The second-order valence-corrected chi connectivity index (χ2v) is 4.63. The van der Waals surface area contributed by atoms with Crippen LogP contribution in [0.2, 0.25) is 0 Å². The van der Waals surface area contributed by atoms with Gasteiger partial charge in [0.1, 0.15) is 0 Å². The number of hydrogen-bond acceptors (Lipinski definition) is 3. The lowest BCUT2D eigenvalue weighted by molar-refractivity contribution is 0.287. The molecule has 1 aromatic rings.